The van der Waals surface area contributed by atoms with Crippen LogP contribution < -0.4 is 10.0 Å². The summed E-state index contributed by atoms with van der Waals surface area (Å²) in [6, 6.07) is 21.5. The Balaban J connectivity index is 1.50. The minimum absolute atomic E-state index is 0.0534. The van der Waals surface area contributed by atoms with Crippen LogP contribution in [0.3, 0.4) is 0 Å². The highest BCUT2D eigenvalue weighted by Crippen LogP contribution is 2.21. The van der Waals surface area contributed by atoms with E-state index in [1.165, 1.54) is 12.1 Å². The Morgan fingerprint density at radius 3 is 2.16 bits per heavy atom. The zero-order valence-corrected chi connectivity index (χ0v) is 18.3. The molecular weight excluding hydrogens is 424 g/mol. The molecule has 4 rings (SSSR count). The van der Waals surface area contributed by atoms with Crippen LogP contribution in [0.15, 0.2) is 83.8 Å². The Bertz CT molecular complexity index is 1230. The van der Waals surface area contributed by atoms with Gasteiger partial charge in [-0.05, 0) is 43.2 Å². The molecular formula is C25H24N2O4S. The van der Waals surface area contributed by atoms with Gasteiger partial charge >= 0.3 is 0 Å². The van der Waals surface area contributed by atoms with Gasteiger partial charge in [-0.15, -0.1) is 0 Å². The summed E-state index contributed by atoms with van der Waals surface area (Å²) in [6.07, 6.45) is 3.69. The second-order valence-electron chi connectivity index (χ2n) is 7.86. The van der Waals surface area contributed by atoms with Crippen molar-refractivity contribution >= 4 is 27.4 Å². The molecule has 0 radical (unpaired) electrons. The zero-order valence-electron chi connectivity index (χ0n) is 17.5. The lowest BCUT2D eigenvalue weighted by Crippen LogP contribution is -2.32. The van der Waals surface area contributed by atoms with Crippen molar-refractivity contribution in [1.82, 2.24) is 4.72 Å². The van der Waals surface area contributed by atoms with Crippen LogP contribution in [0.5, 0.6) is 0 Å². The number of hydrogen-bond acceptors (Lipinski definition) is 4. The van der Waals surface area contributed by atoms with Crippen molar-refractivity contribution in [3.8, 4) is 0 Å². The zero-order chi connectivity index (χ0) is 22.6. The number of nitrogens with one attached hydrogen (secondary N) is 2. The molecule has 1 fully saturated rings. The minimum atomic E-state index is -3.70. The second kappa shape index (κ2) is 9.46. The number of sulfonamides is 1. The number of amides is 1. The molecule has 1 aliphatic rings. The largest absolute Gasteiger partial charge is 0.322 e. The third kappa shape index (κ3) is 5.12. The van der Waals surface area contributed by atoms with E-state index < -0.39 is 15.9 Å². The summed E-state index contributed by atoms with van der Waals surface area (Å²) in [5.41, 5.74) is 1.68. The molecule has 0 bridgehead atoms. The van der Waals surface area contributed by atoms with E-state index in [1.807, 2.05) is 6.07 Å². The Hall–Kier alpha value is -3.29. The van der Waals surface area contributed by atoms with Gasteiger partial charge in [0.25, 0.3) is 5.91 Å². The molecule has 164 valence electrons. The summed E-state index contributed by atoms with van der Waals surface area (Å²) < 4.78 is 28.1. The molecule has 6 nitrogen and oxygen atoms in total. The predicted molar refractivity (Wildman–Crippen MR) is 123 cm³/mol. The third-order valence-corrected chi connectivity index (χ3v) is 7.02. The summed E-state index contributed by atoms with van der Waals surface area (Å²) in [5.74, 6) is -0.597. The molecule has 0 aromatic heterocycles. The fraction of sp³-hybridized carbons (Fsp3) is 0.200. The van der Waals surface area contributed by atoms with Crippen molar-refractivity contribution in [3.05, 3.63) is 95.6 Å². The van der Waals surface area contributed by atoms with E-state index in [4.69, 9.17) is 0 Å². The average Bonchev–Trinajstić information content (AvgIpc) is 3.32. The van der Waals surface area contributed by atoms with Gasteiger partial charge in [0.1, 0.15) is 0 Å². The van der Waals surface area contributed by atoms with Gasteiger partial charge in [-0.1, -0.05) is 61.4 Å². The van der Waals surface area contributed by atoms with Gasteiger partial charge < -0.3 is 5.32 Å². The standard InChI is InChI=1S/C25H24N2O4S/c28-24(18-8-2-1-3-9-18)19-10-6-14-22(16-19)26-25(29)20-11-7-15-23(17-20)32(30,31)27-21-12-4-5-13-21/h1-3,6-11,14-17,21,27H,4-5,12-13H2,(H,26,29). The lowest BCUT2D eigenvalue weighted by Gasteiger charge is -2.13. The molecule has 0 unspecified atom stereocenters. The maximum Gasteiger partial charge on any atom is 0.255 e. The van der Waals surface area contributed by atoms with E-state index in [9.17, 15) is 18.0 Å². The quantitative estimate of drug-likeness (QED) is 0.524. The van der Waals surface area contributed by atoms with Crippen LogP contribution in [-0.2, 0) is 10.0 Å². The van der Waals surface area contributed by atoms with Crippen molar-refractivity contribution in [1.29, 1.82) is 0 Å². The molecule has 1 saturated carbocycles. The summed E-state index contributed by atoms with van der Waals surface area (Å²) in [6.45, 7) is 0. The van der Waals surface area contributed by atoms with Crippen LogP contribution in [0.2, 0.25) is 0 Å². The van der Waals surface area contributed by atoms with Gasteiger partial charge in [0, 0.05) is 28.4 Å². The van der Waals surface area contributed by atoms with Gasteiger partial charge in [0.2, 0.25) is 10.0 Å². The number of benzene rings is 3. The van der Waals surface area contributed by atoms with Gasteiger partial charge in [-0.25, -0.2) is 13.1 Å². The fourth-order valence-electron chi connectivity index (χ4n) is 3.83. The average molecular weight is 449 g/mol. The van der Waals surface area contributed by atoms with Crippen LogP contribution >= 0.6 is 0 Å². The number of anilines is 1. The molecule has 0 spiro atoms. The van der Waals surface area contributed by atoms with E-state index >= 15 is 0 Å². The Morgan fingerprint density at radius 2 is 1.41 bits per heavy atom. The van der Waals surface area contributed by atoms with E-state index in [2.05, 4.69) is 10.0 Å². The molecule has 0 heterocycles. The maximum absolute atomic E-state index is 12.8. The normalized spacial score (nSPS) is 14.2. The number of hydrogen-bond donors (Lipinski definition) is 2. The smallest absolute Gasteiger partial charge is 0.255 e. The van der Waals surface area contributed by atoms with Crippen LogP contribution in [0.4, 0.5) is 5.69 Å². The lowest BCUT2D eigenvalue weighted by atomic mass is 10.0. The SMILES string of the molecule is O=C(Nc1cccc(C(=O)c2ccccc2)c1)c1cccc(S(=O)(=O)NC2CCCC2)c1. The van der Waals surface area contributed by atoms with E-state index in [0.717, 1.165) is 25.7 Å². The summed E-state index contributed by atoms with van der Waals surface area (Å²) in [4.78, 5) is 25.5. The maximum atomic E-state index is 12.8. The molecule has 0 atom stereocenters. The molecule has 3 aromatic carbocycles. The van der Waals surface area contributed by atoms with Crippen LogP contribution in [0, 0.1) is 0 Å². The highest BCUT2D eigenvalue weighted by molar-refractivity contribution is 7.89. The van der Waals surface area contributed by atoms with E-state index in [-0.39, 0.29) is 22.3 Å². The fourth-order valence-corrected chi connectivity index (χ4v) is 5.18. The highest BCUT2D eigenvalue weighted by Gasteiger charge is 2.23. The van der Waals surface area contributed by atoms with E-state index in [1.54, 1.807) is 60.7 Å². The summed E-state index contributed by atoms with van der Waals surface area (Å²) in [7, 11) is -3.70. The first-order chi connectivity index (χ1) is 15.4. The number of ketones is 1. The molecule has 1 amide bonds. The van der Waals surface area contributed by atoms with Gasteiger partial charge in [-0.2, -0.15) is 0 Å². The minimum Gasteiger partial charge on any atom is -0.322 e. The van der Waals surface area contributed by atoms with Gasteiger partial charge in [0.05, 0.1) is 4.90 Å². The molecule has 7 heteroatoms. The predicted octanol–water partition coefficient (Wildman–Crippen LogP) is 4.39. The van der Waals surface area contributed by atoms with Crippen molar-refractivity contribution in [2.24, 2.45) is 0 Å². The number of carbonyl (C=O) groups is 2. The number of carbonyl (C=O) groups excluding carboxylic acids is 2. The first-order valence-electron chi connectivity index (χ1n) is 10.6. The first-order valence-corrected chi connectivity index (χ1v) is 12.0. The van der Waals surface area contributed by atoms with Gasteiger partial charge in [-0.3, -0.25) is 9.59 Å². The Labute approximate surface area is 187 Å². The van der Waals surface area contributed by atoms with Crippen molar-refractivity contribution in [2.75, 3.05) is 5.32 Å². The first kappa shape index (κ1) is 21.9. The van der Waals surface area contributed by atoms with Crippen molar-refractivity contribution in [2.45, 2.75) is 36.6 Å². The number of rotatable bonds is 7. The highest BCUT2D eigenvalue weighted by atomic mass is 32.2. The molecule has 3 aromatic rings. The summed E-state index contributed by atoms with van der Waals surface area (Å²) in [5, 5.41) is 2.75. The summed E-state index contributed by atoms with van der Waals surface area (Å²) >= 11 is 0. The molecule has 1 aliphatic carbocycles. The Morgan fingerprint density at radius 1 is 0.750 bits per heavy atom. The van der Waals surface area contributed by atoms with Crippen molar-refractivity contribution in [3.63, 3.8) is 0 Å². The van der Waals surface area contributed by atoms with Gasteiger partial charge in [0.15, 0.2) is 5.78 Å². The topological polar surface area (TPSA) is 92.3 Å². The van der Waals surface area contributed by atoms with Crippen LogP contribution in [0.1, 0.15) is 52.0 Å². The van der Waals surface area contributed by atoms with Crippen LogP contribution in [0.25, 0.3) is 0 Å². The molecule has 2 N–H and O–H groups in total. The lowest BCUT2D eigenvalue weighted by molar-refractivity contribution is 0.102. The second-order valence-corrected chi connectivity index (χ2v) is 9.57. The molecule has 0 saturated heterocycles. The Kier molecular flexibility index (Phi) is 6.48. The monoisotopic (exact) mass is 448 g/mol. The van der Waals surface area contributed by atoms with Crippen LogP contribution in [-0.4, -0.2) is 26.2 Å². The molecule has 32 heavy (non-hydrogen) atoms. The van der Waals surface area contributed by atoms with E-state index in [0.29, 0.717) is 16.8 Å². The van der Waals surface area contributed by atoms with Crippen molar-refractivity contribution < 1.29 is 18.0 Å². The third-order valence-electron chi connectivity index (χ3n) is 5.50. The molecule has 0 aliphatic heterocycles.